The molecule has 0 aliphatic carbocycles. The van der Waals surface area contributed by atoms with Crippen molar-refractivity contribution in [3.05, 3.63) is 17.7 Å². The molecule has 5 atom stereocenters. The molecule has 0 spiro atoms. The molecule has 35 heavy (non-hydrogen) atoms. The Morgan fingerprint density at radius 1 is 0.714 bits per heavy atom. The molecule has 1 aliphatic heterocycles. The normalized spacial score (nSPS) is 23.5. The first-order chi connectivity index (χ1) is 16.5. The van der Waals surface area contributed by atoms with Gasteiger partial charge in [0.25, 0.3) is 0 Å². The van der Waals surface area contributed by atoms with Gasteiger partial charge in [0.15, 0.2) is 18.3 Å². The van der Waals surface area contributed by atoms with Gasteiger partial charge in [-0.25, -0.2) is 0 Å². The fraction of sp³-hybridized carbons (Fsp3) is 0.565. The summed E-state index contributed by atoms with van der Waals surface area (Å²) in [6.07, 6.45) is -6.17. The molecule has 0 bridgehead atoms. The van der Waals surface area contributed by atoms with Gasteiger partial charge in [0.2, 0.25) is 0 Å². The molecule has 1 aliphatic rings. The molecular formula is C23H30O12. The summed E-state index contributed by atoms with van der Waals surface area (Å²) in [4.78, 5) is 47.5. The Morgan fingerprint density at radius 2 is 1.20 bits per heavy atom. The molecular weight excluding hydrogens is 468 g/mol. The van der Waals surface area contributed by atoms with E-state index in [0.717, 1.165) is 20.8 Å². The lowest BCUT2D eigenvalue weighted by molar-refractivity contribution is -0.254. The van der Waals surface area contributed by atoms with E-state index in [1.165, 1.54) is 28.3 Å². The van der Waals surface area contributed by atoms with Crippen molar-refractivity contribution in [3.8, 4) is 17.2 Å². The molecule has 194 valence electrons. The van der Waals surface area contributed by atoms with Gasteiger partial charge in [-0.15, -0.1) is 0 Å². The van der Waals surface area contributed by atoms with Crippen LogP contribution in [0.2, 0.25) is 0 Å². The number of hydrogen-bond acceptors (Lipinski definition) is 12. The number of methoxy groups -OCH3 is 3. The van der Waals surface area contributed by atoms with Gasteiger partial charge in [0.1, 0.15) is 36.1 Å². The van der Waals surface area contributed by atoms with Crippen molar-refractivity contribution in [1.29, 1.82) is 0 Å². The largest absolute Gasteiger partial charge is 0.496 e. The lowest BCUT2D eigenvalue weighted by Crippen LogP contribution is -2.59. The zero-order valence-corrected chi connectivity index (χ0v) is 20.6. The minimum Gasteiger partial charge on any atom is -0.496 e. The average molecular weight is 498 g/mol. The lowest BCUT2D eigenvalue weighted by Gasteiger charge is -2.45. The third kappa shape index (κ3) is 6.98. The van der Waals surface area contributed by atoms with Crippen molar-refractivity contribution < 1.29 is 57.1 Å². The number of benzene rings is 1. The molecule has 0 radical (unpaired) electrons. The third-order valence-electron chi connectivity index (χ3n) is 5.03. The van der Waals surface area contributed by atoms with Gasteiger partial charge in [0.05, 0.1) is 26.9 Å². The fourth-order valence-electron chi connectivity index (χ4n) is 3.77. The van der Waals surface area contributed by atoms with E-state index in [4.69, 9.17) is 37.9 Å². The summed E-state index contributed by atoms with van der Waals surface area (Å²) in [6.45, 7) is 4.30. The van der Waals surface area contributed by atoms with Crippen LogP contribution < -0.4 is 14.2 Å². The van der Waals surface area contributed by atoms with Gasteiger partial charge < -0.3 is 37.9 Å². The van der Waals surface area contributed by atoms with Gasteiger partial charge in [-0.1, -0.05) is 0 Å². The van der Waals surface area contributed by atoms with Crippen molar-refractivity contribution in [3.63, 3.8) is 0 Å². The third-order valence-corrected chi connectivity index (χ3v) is 5.03. The summed E-state index contributed by atoms with van der Waals surface area (Å²) in [5, 5.41) is 0. The number of esters is 4. The Bertz CT molecular complexity index is 917. The van der Waals surface area contributed by atoms with Crippen LogP contribution in [-0.4, -0.2) is 76.2 Å². The highest BCUT2D eigenvalue weighted by Gasteiger charge is 2.53. The molecule has 0 unspecified atom stereocenters. The number of hydrogen-bond donors (Lipinski definition) is 0. The standard InChI is InChI=1S/C23H30O12/c1-11(24)31-10-18-20(32-12(2)25)22(33-13(3)26)23(34-14(4)27)21(35-18)19-16(29-6)8-15(28-5)9-17(19)30-7/h8-9,18,20-23H,10H2,1-7H3/t18-,20+,21+,22+,23+/m1/s1. The zero-order valence-electron chi connectivity index (χ0n) is 20.6. The van der Waals surface area contributed by atoms with Crippen molar-refractivity contribution in [2.75, 3.05) is 27.9 Å². The molecule has 0 saturated carbocycles. The van der Waals surface area contributed by atoms with Crippen molar-refractivity contribution in [2.24, 2.45) is 0 Å². The molecule has 0 aromatic heterocycles. The molecule has 2 rings (SSSR count). The molecule has 12 nitrogen and oxygen atoms in total. The van der Waals surface area contributed by atoms with Crippen LogP contribution in [-0.2, 0) is 42.9 Å². The first-order valence-corrected chi connectivity index (χ1v) is 10.6. The Kier molecular flexibility index (Phi) is 9.69. The average Bonchev–Trinajstić information content (AvgIpc) is 2.78. The number of carbonyl (C=O) groups excluding carboxylic acids is 4. The Morgan fingerprint density at radius 3 is 1.63 bits per heavy atom. The van der Waals surface area contributed by atoms with Gasteiger partial charge in [-0.05, 0) is 0 Å². The van der Waals surface area contributed by atoms with E-state index < -0.39 is 54.4 Å². The molecule has 1 saturated heterocycles. The predicted octanol–water partition coefficient (Wildman–Crippen LogP) is 1.51. The molecule has 0 amide bonds. The number of carbonyl (C=O) groups is 4. The SMILES string of the molecule is COc1cc(OC)c([C@@H]2O[C@H](COC(C)=O)[C@H](OC(C)=O)[C@H](OC(C)=O)[C@H]2OC(C)=O)c(OC)c1. The number of ether oxygens (including phenoxy) is 8. The topological polar surface area (TPSA) is 142 Å². The Hall–Kier alpha value is -3.54. The van der Waals surface area contributed by atoms with Crippen molar-refractivity contribution in [2.45, 2.75) is 58.2 Å². The minimum atomic E-state index is -1.32. The Labute approximate surface area is 202 Å². The first kappa shape index (κ1) is 27.7. The van der Waals surface area contributed by atoms with Crippen LogP contribution in [0.3, 0.4) is 0 Å². The number of rotatable bonds is 9. The maximum atomic E-state index is 12.1. The van der Waals surface area contributed by atoms with E-state index in [2.05, 4.69) is 0 Å². The van der Waals surface area contributed by atoms with Gasteiger partial charge >= 0.3 is 23.9 Å². The summed E-state index contributed by atoms with van der Waals surface area (Å²) >= 11 is 0. The van der Waals surface area contributed by atoms with Crippen LogP contribution in [0.4, 0.5) is 0 Å². The maximum Gasteiger partial charge on any atom is 0.303 e. The van der Waals surface area contributed by atoms with E-state index in [0.29, 0.717) is 11.3 Å². The van der Waals surface area contributed by atoms with Gasteiger partial charge in [-0.3, -0.25) is 19.2 Å². The molecule has 1 aromatic rings. The van der Waals surface area contributed by atoms with Gasteiger partial charge in [0, 0.05) is 39.8 Å². The highest BCUT2D eigenvalue weighted by atomic mass is 16.7. The monoisotopic (exact) mass is 498 g/mol. The highest BCUT2D eigenvalue weighted by Crippen LogP contribution is 2.46. The molecule has 0 N–H and O–H groups in total. The van der Waals surface area contributed by atoms with E-state index >= 15 is 0 Å². The van der Waals surface area contributed by atoms with E-state index in [-0.39, 0.29) is 18.1 Å². The van der Waals surface area contributed by atoms with Crippen LogP contribution in [0.5, 0.6) is 17.2 Å². The lowest BCUT2D eigenvalue weighted by atomic mass is 9.89. The predicted molar refractivity (Wildman–Crippen MR) is 117 cm³/mol. The second-order valence-electron chi connectivity index (χ2n) is 7.57. The second kappa shape index (κ2) is 12.2. The molecule has 1 heterocycles. The second-order valence-corrected chi connectivity index (χ2v) is 7.57. The molecule has 12 heteroatoms. The van der Waals surface area contributed by atoms with E-state index in [1.54, 1.807) is 12.1 Å². The van der Waals surface area contributed by atoms with E-state index in [1.807, 2.05) is 0 Å². The molecule has 1 aromatic carbocycles. The van der Waals surface area contributed by atoms with Gasteiger partial charge in [-0.2, -0.15) is 0 Å². The quantitative estimate of drug-likeness (QED) is 0.360. The van der Waals surface area contributed by atoms with Crippen LogP contribution in [0.25, 0.3) is 0 Å². The summed E-state index contributed by atoms with van der Waals surface area (Å²) in [6, 6.07) is 3.12. The zero-order chi connectivity index (χ0) is 26.3. The summed E-state index contributed by atoms with van der Waals surface area (Å²) in [5.41, 5.74) is 0.299. The fourth-order valence-corrected chi connectivity index (χ4v) is 3.77. The summed E-state index contributed by atoms with van der Waals surface area (Å²) < 4.78 is 44.0. The Balaban J connectivity index is 2.74. The summed E-state index contributed by atoms with van der Waals surface area (Å²) in [7, 11) is 4.27. The van der Waals surface area contributed by atoms with E-state index in [9.17, 15) is 19.2 Å². The van der Waals surface area contributed by atoms with Crippen LogP contribution in [0.1, 0.15) is 39.4 Å². The maximum absolute atomic E-state index is 12.1. The van der Waals surface area contributed by atoms with Crippen LogP contribution >= 0.6 is 0 Å². The van der Waals surface area contributed by atoms with Crippen LogP contribution in [0, 0.1) is 0 Å². The summed E-state index contributed by atoms with van der Waals surface area (Å²) in [5.74, 6) is -1.87. The van der Waals surface area contributed by atoms with Crippen LogP contribution in [0.15, 0.2) is 12.1 Å². The smallest absolute Gasteiger partial charge is 0.303 e. The first-order valence-electron chi connectivity index (χ1n) is 10.6. The van der Waals surface area contributed by atoms with Crippen molar-refractivity contribution >= 4 is 23.9 Å². The molecule has 1 fully saturated rings. The minimum absolute atomic E-state index is 0.252. The van der Waals surface area contributed by atoms with Crippen molar-refractivity contribution in [1.82, 2.24) is 0 Å². The highest BCUT2D eigenvalue weighted by molar-refractivity contribution is 5.69.